The van der Waals surface area contributed by atoms with Crippen molar-refractivity contribution < 1.29 is 4.79 Å². The predicted octanol–water partition coefficient (Wildman–Crippen LogP) is 4.48. The molecule has 3 nitrogen and oxygen atoms in total. The van der Waals surface area contributed by atoms with Gasteiger partial charge in [-0.25, -0.2) is 4.98 Å². The molecule has 1 aliphatic carbocycles. The maximum Gasteiger partial charge on any atom is 0.251 e. The van der Waals surface area contributed by atoms with E-state index in [1.54, 1.807) is 6.07 Å². The molecule has 0 spiro atoms. The lowest BCUT2D eigenvalue weighted by molar-refractivity contribution is 0.0954. The second kappa shape index (κ2) is 7.60. The molecule has 114 valence electrons. The van der Waals surface area contributed by atoms with E-state index in [0.29, 0.717) is 17.3 Å². The summed E-state index contributed by atoms with van der Waals surface area (Å²) in [6, 6.07) is 3.45. The molecule has 21 heavy (non-hydrogen) atoms. The normalized spacial score (nSPS) is 15.0. The third-order valence-corrected chi connectivity index (χ3v) is 3.98. The second-order valence-corrected chi connectivity index (χ2v) is 6.26. The molecule has 0 fully saturated rings. The SMILES string of the molecule is CC(C)c1cc(C(=O)NCCC2=CCCCC2)cc(Cl)n1. The lowest BCUT2D eigenvalue weighted by Gasteiger charge is -2.13. The predicted molar refractivity (Wildman–Crippen MR) is 86.8 cm³/mol. The number of amides is 1. The Labute approximate surface area is 131 Å². The lowest BCUT2D eigenvalue weighted by Crippen LogP contribution is -2.25. The van der Waals surface area contributed by atoms with Crippen LogP contribution in [0.2, 0.25) is 5.15 Å². The number of carbonyl (C=O) groups is 1. The van der Waals surface area contributed by atoms with Gasteiger partial charge in [0.25, 0.3) is 5.91 Å². The van der Waals surface area contributed by atoms with Crippen LogP contribution in [-0.2, 0) is 0 Å². The van der Waals surface area contributed by atoms with E-state index in [1.807, 2.05) is 19.9 Å². The third-order valence-electron chi connectivity index (χ3n) is 3.78. The summed E-state index contributed by atoms with van der Waals surface area (Å²) in [5, 5.41) is 3.35. The van der Waals surface area contributed by atoms with E-state index in [2.05, 4.69) is 16.4 Å². The Kier molecular flexibility index (Phi) is 5.80. The van der Waals surface area contributed by atoms with Gasteiger partial charge >= 0.3 is 0 Å². The van der Waals surface area contributed by atoms with Crippen LogP contribution in [0.3, 0.4) is 0 Å². The smallest absolute Gasteiger partial charge is 0.251 e. The molecule has 0 aromatic carbocycles. The minimum absolute atomic E-state index is 0.0717. The van der Waals surface area contributed by atoms with Crippen LogP contribution in [0.4, 0.5) is 0 Å². The van der Waals surface area contributed by atoms with Crippen molar-refractivity contribution in [3.8, 4) is 0 Å². The Balaban J connectivity index is 1.92. The molecule has 0 unspecified atom stereocenters. The molecule has 1 N–H and O–H groups in total. The van der Waals surface area contributed by atoms with E-state index in [1.165, 1.54) is 31.3 Å². The lowest BCUT2D eigenvalue weighted by atomic mass is 9.97. The summed E-state index contributed by atoms with van der Waals surface area (Å²) in [6.45, 7) is 4.76. The first kappa shape index (κ1) is 16.0. The van der Waals surface area contributed by atoms with Crippen LogP contribution in [0.5, 0.6) is 0 Å². The number of hydrogen-bond acceptors (Lipinski definition) is 2. The minimum Gasteiger partial charge on any atom is -0.352 e. The number of pyridine rings is 1. The van der Waals surface area contributed by atoms with Gasteiger partial charge in [0, 0.05) is 17.8 Å². The van der Waals surface area contributed by atoms with Crippen LogP contribution in [0.15, 0.2) is 23.8 Å². The molecule has 0 bridgehead atoms. The average molecular weight is 307 g/mol. The molecule has 4 heteroatoms. The molecule has 0 saturated heterocycles. The number of aromatic nitrogens is 1. The maximum atomic E-state index is 12.2. The van der Waals surface area contributed by atoms with Crippen molar-refractivity contribution in [2.24, 2.45) is 0 Å². The molecule has 0 atom stereocenters. The minimum atomic E-state index is -0.0717. The summed E-state index contributed by atoms with van der Waals surface area (Å²) in [5.41, 5.74) is 2.91. The summed E-state index contributed by atoms with van der Waals surface area (Å²) in [6.07, 6.45) is 8.19. The van der Waals surface area contributed by atoms with Crippen molar-refractivity contribution in [2.75, 3.05) is 6.54 Å². The summed E-state index contributed by atoms with van der Waals surface area (Å²) in [5.74, 6) is 0.181. The van der Waals surface area contributed by atoms with Crippen molar-refractivity contribution in [1.29, 1.82) is 0 Å². The Hall–Kier alpha value is -1.35. The largest absolute Gasteiger partial charge is 0.352 e. The molecule has 1 aromatic heterocycles. The van der Waals surface area contributed by atoms with Crippen molar-refractivity contribution >= 4 is 17.5 Å². The van der Waals surface area contributed by atoms with Gasteiger partial charge in [0.05, 0.1) is 0 Å². The molecule has 1 aliphatic rings. The van der Waals surface area contributed by atoms with Crippen molar-refractivity contribution in [1.82, 2.24) is 10.3 Å². The summed E-state index contributed by atoms with van der Waals surface area (Å²) in [7, 11) is 0. The summed E-state index contributed by atoms with van der Waals surface area (Å²) < 4.78 is 0. The molecule has 0 aliphatic heterocycles. The van der Waals surface area contributed by atoms with Gasteiger partial charge in [0.15, 0.2) is 0 Å². The van der Waals surface area contributed by atoms with Gasteiger partial charge in [-0.2, -0.15) is 0 Å². The Morgan fingerprint density at radius 2 is 2.19 bits per heavy atom. The first-order valence-electron chi connectivity index (χ1n) is 7.70. The number of nitrogens with one attached hydrogen (secondary N) is 1. The van der Waals surface area contributed by atoms with Gasteiger partial charge in [0.2, 0.25) is 0 Å². The quantitative estimate of drug-likeness (QED) is 0.644. The maximum absolute atomic E-state index is 12.2. The number of nitrogens with zero attached hydrogens (tertiary/aromatic N) is 1. The van der Waals surface area contributed by atoms with E-state index < -0.39 is 0 Å². The zero-order valence-electron chi connectivity index (χ0n) is 12.8. The van der Waals surface area contributed by atoms with Crippen LogP contribution in [0.1, 0.15) is 67.9 Å². The molecule has 0 radical (unpaired) electrons. The van der Waals surface area contributed by atoms with E-state index in [-0.39, 0.29) is 11.8 Å². The first-order chi connectivity index (χ1) is 10.1. The topological polar surface area (TPSA) is 42.0 Å². The molecule has 1 amide bonds. The van der Waals surface area contributed by atoms with Crippen LogP contribution in [-0.4, -0.2) is 17.4 Å². The van der Waals surface area contributed by atoms with Gasteiger partial charge in [-0.05, 0) is 50.2 Å². The molecule has 1 aromatic rings. The number of halogens is 1. The Morgan fingerprint density at radius 1 is 1.38 bits per heavy atom. The van der Waals surface area contributed by atoms with Crippen LogP contribution in [0.25, 0.3) is 0 Å². The van der Waals surface area contributed by atoms with E-state index >= 15 is 0 Å². The van der Waals surface area contributed by atoms with Crippen LogP contribution < -0.4 is 5.32 Å². The zero-order chi connectivity index (χ0) is 15.2. The zero-order valence-corrected chi connectivity index (χ0v) is 13.5. The molecular weight excluding hydrogens is 284 g/mol. The van der Waals surface area contributed by atoms with Crippen LogP contribution >= 0.6 is 11.6 Å². The highest BCUT2D eigenvalue weighted by Gasteiger charge is 2.11. The number of carbonyl (C=O) groups excluding carboxylic acids is 1. The van der Waals surface area contributed by atoms with Gasteiger partial charge in [-0.15, -0.1) is 0 Å². The van der Waals surface area contributed by atoms with E-state index in [4.69, 9.17) is 11.6 Å². The van der Waals surface area contributed by atoms with Gasteiger partial charge < -0.3 is 5.32 Å². The summed E-state index contributed by atoms with van der Waals surface area (Å²) >= 11 is 5.99. The number of allylic oxidation sites excluding steroid dienone is 1. The average Bonchev–Trinajstić information content (AvgIpc) is 2.47. The molecule has 1 heterocycles. The fourth-order valence-electron chi connectivity index (χ4n) is 2.51. The van der Waals surface area contributed by atoms with Crippen molar-refractivity contribution in [3.63, 3.8) is 0 Å². The highest BCUT2D eigenvalue weighted by Crippen LogP contribution is 2.20. The molecular formula is C17H23ClN2O. The second-order valence-electron chi connectivity index (χ2n) is 5.87. The highest BCUT2D eigenvalue weighted by molar-refractivity contribution is 6.29. The van der Waals surface area contributed by atoms with Crippen molar-refractivity contribution in [3.05, 3.63) is 40.2 Å². The standard InChI is InChI=1S/C17H23ClN2O/c1-12(2)15-10-14(11-16(18)20-15)17(21)19-9-8-13-6-4-3-5-7-13/h6,10-12H,3-5,7-9H2,1-2H3,(H,19,21). The highest BCUT2D eigenvalue weighted by atomic mass is 35.5. The number of rotatable bonds is 5. The van der Waals surface area contributed by atoms with Crippen LogP contribution in [0, 0.1) is 0 Å². The Morgan fingerprint density at radius 3 is 2.86 bits per heavy atom. The Bertz CT molecular complexity index is 538. The molecule has 2 rings (SSSR count). The van der Waals surface area contributed by atoms with Gasteiger partial charge in [0.1, 0.15) is 5.15 Å². The van der Waals surface area contributed by atoms with Gasteiger partial charge in [-0.1, -0.05) is 37.1 Å². The summed E-state index contributed by atoms with van der Waals surface area (Å²) in [4.78, 5) is 16.4. The first-order valence-corrected chi connectivity index (χ1v) is 8.07. The molecule has 0 saturated carbocycles. The fraction of sp³-hybridized carbons (Fsp3) is 0.529. The van der Waals surface area contributed by atoms with E-state index in [0.717, 1.165) is 12.1 Å². The van der Waals surface area contributed by atoms with Gasteiger partial charge in [-0.3, -0.25) is 4.79 Å². The van der Waals surface area contributed by atoms with Crippen molar-refractivity contribution in [2.45, 2.75) is 51.9 Å². The third kappa shape index (κ3) is 4.85. The van der Waals surface area contributed by atoms with E-state index in [9.17, 15) is 4.79 Å². The fourth-order valence-corrected chi connectivity index (χ4v) is 2.73. The number of hydrogen-bond donors (Lipinski definition) is 1. The monoisotopic (exact) mass is 306 g/mol.